The van der Waals surface area contributed by atoms with Crippen LogP contribution in [0.4, 0.5) is 0 Å². The fourth-order valence-electron chi connectivity index (χ4n) is 3.27. The average Bonchev–Trinajstić information content (AvgIpc) is 2.71. The average molecular weight is 384 g/mol. The third-order valence-corrected chi connectivity index (χ3v) is 5.11. The SMILES string of the molecule is COc1ccc(CC(=O)N2CCN(C(C#N)c3ccc(Cl)cc3)CC2)cc1. The summed E-state index contributed by atoms with van der Waals surface area (Å²) in [4.78, 5) is 16.6. The first-order valence-electron chi connectivity index (χ1n) is 8.90. The van der Waals surface area contributed by atoms with E-state index < -0.39 is 0 Å². The molecule has 2 aromatic carbocycles. The van der Waals surface area contributed by atoms with E-state index in [1.165, 1.54) is 0 Å². The largest absolute Gasteiger partial charge is 0.497 e. The maximum atomic E-state index is 12.6. The molecule has 6 heteroatoms. The van der Waals surface area contributed by atoms with Crippen LogP contribution in [-0.2, 0) is 11.2 Å². The molecule has 0 aromatic heterocycles. The summed E-state index contributed by atoms with van der Waals surface area (Å²) in [6.07, 6.45) is 0.378. The second kappa shape index (κ2) is 8.90. The van der Waals surface area contributed by atoms with E-state index >= 15 is 0 Å². The molecule has 140 valence electrons. The zero-order valence-electron chi connectivity index (χ0n) is 15.3. The number of halogens is 1. The van der Waals surface area contributed by atoms with Gasteiger partial charge in [0.2, 0.25) is 5.91 Å². The molecule has 1 heterocycles. The third-order valence-electron chi connectivity index (χ3n) is 4.85. The molecule has 0 spiro atoms. The van der Waals surface area contributed by atoms with Crippen molar-refractivity contribution in [1.29, 1.82) is 5.26 Å². The van der Waals surface area contributed by atoms with Crippen LogP contribution in [0.1, 0.15) is 17.2 Å². The predicted molar refractivity (Wildman–Crippen MR) is 105 cm³/mol. The molecule has 1 amide bonds. The number of piperazine rings is 1. The summed E-state index contributed by atoms with van der Waals surface area (Å²) in [6.45, 7) is 2.60. The molecule has 0 N–H and O–H groups in total. The minimum Gasteiger partial charge on any atom is -0.497 e. The second-order valence-corrected chi connectivity index (χ2v) is 6.96. The Labute approximate surface area is 164 Å². The summed E-state index contributed by atoms with van der Waals surface area (Å²) < 4.78 is 5.14. The molecule has 0 aliphatic carbocycles. The van der Waals surface area contributed by atoms with Gasteiger partial charge >= 0.3 is 0 Å². The van der Waals surface area contributed by atoms with Gasteiger partial charge in [0.1, 0.15) is 11.8 Å². The molecule has 3 rings (SSSR count). The first kappa shape index (κ1) is 19.2. The van der Waals surface area contributed by atoms with E-state index in [2.05, 4.69) is 11.0 Å². The lowest BCUT2D eigenvalue weighted by Crippen LogP contribution is -2.49. The minimum atomic E-state index is -0.318. The van der Waals surface area contributed by atoms with Gasteiger partial charge in [0.15, 0.2) is 0 Å². The zero-order chi connectivity index (χ0) is 19.2. The number of nitrogens with zero attached hydrogens (tertiary/aromatic N) is 3. The molecule has 1 unspecified atom stereocenters. The van der Waals surface area contributed by atoms with E-state index in [1.807, 2.05) is 41.3 Å². The van der Waals surface area contributed by atoms with Crippen LogP contribution in [0, 0.1) is 11.3 Å². The molecule has 1 atom stereocenters. The smallest absolute Gasteiger partial charge is 0.227 e. The highest BCUT2D eigenvalue weighted by atomic mass is 35.5. The van der Waals surface area contributed by atoms with Crippen LogP contribution in [0.25, 0.3) is 0 Å². The molecule has 0 saturated carbocycles. The Morgan fingerprint density at radius 1 is 1.11 bits per heavy atom. The van der Waals surface area contributed by atoms with Crippen molar-refractivity contribution in [1.82, 2.24) is 9.80 Å². The second-order valence-electron chi connectivity index (χ2n) is 6.52. The molecule has 5 nitrogen and oxygen atoms in total. The van der Waals surface area contributed by atoms with Gasteiger partial charge in [-0.3, -0.25) is 9.69 Å². The van der Waals surface area contributed by atoms with Gasteiger partial charge in [-0.05, 0) is 35.4 Å². The molecule has 1 fully saturated rings. The monoisotopic (exact) mass is 383 g/mol. The molecule has 1 aliphatic heterocycles. The van der Waals surface area contributed by atoms with Crippen molar-refractivity contribution in [3.63, 3.8) is 0 Å². The normalized spacial score (nSPS) is 15.8. The summed E-state index contributed by atoms with van der Waals surface area (Å²) in [5, 5.41) is 10.3. The standard InChI is InChI=1S/C21H22ClN3O2/c1-27-19-8-2-16(3-9-19)14-21(26)25-12-10-24(11-13-25)20(15-23)17-4-6-18(22)7-5-17/h2-9,20H,10-14H2,1H3. The number of methoxy groups -OCH3 is 1. The van der Waals surface area contributed by atoms with E-state index in [9.17, 15) is 10.1 Å². The number of carbonyl (C=O) groups is 1. The number of nitriles is 1. The maximum Gasteiger partial charge on any atom is 0.227 e. The Kier molecular flexibility index (Phi) is 6.33. The summed E-state index contributed by atoms with van der Waals surface area (Å²) in [6, 6.07) is 17.0. The van der Waals surface area contributed by atoms with Crippen LogP contribution in [0.3, 0.4) is 0 Å². The van der Waals surface area contributed by atoms with Gasteiger partial charge in [-0.25, -0.2) is 0 Å². The molecule has 0 radical (unpaired) electrons. The van der Waals surface area contributed by atoms with Crippen LogP contribution < -0.4 is 4.74 Å². The van der Waals surface area contributed by atoms with Gasteiger partial charge < -0.3 is 9.64 Å². The number of ether oxygens (including phenoxy) is 1. The van der Waals surface area contributed by atoms with Crippen LogP contribution in [0.2, 0.25) is 5.02 Å². The number of hydrogen-bond donors (Lipinski definition) is 0. The van der Waals surface area contributed by atoms with Gasteiger partial charge in [-0.2, -0.15) is 5.26 Å². The van der Waals surface area contributed by atoms with E-state index in [0.717, 1.165) is 16.9 Å². The Hall–Kier alpha value is -2.55. The van der Waals surface area contributed by atoms with Crippen LogP contribution in [0.5, 0.6) is 5.75 Å². The van der Waals surface area contributed by atoms with Crippen LogP contribution in [0.15, 0.2) is 48.5 Å². The Bertz CT molecular complexity index is 807. The van der Waals surface area contributed by atoms with Crippen molar-refractivity contribution < 1.29 is 9.53 Å². The van der Waals surface area contributed by atoms with E-state index in [4.69, 9.17) is 16.3 Å². The van der Waals surface area contributed by atoms with Gasteiger partial charge in [-0.15, -0.1) is 0 Å². The van der Waals surface area contributed by atoms with Crippen molar-refractivity contribution in [3.8, 4) is 11.8 Å². The first-order valence-corrected chi connectivity index (χ1v) is 9.28. The molecular formula is C21H22ClN3O2. The quantitative estimate of drug-likeness (QED) is 0.794. The van der Waals surface area contributed by atoms with Crippen molar-refractivity contribution in [2.75, 3.05) is 33.3 Å². The Morgan fingerprint density at radius 3 is 2.30 bits per heavy atom. The Morgan fingerprint density at radius 2 is 1.74 bits per heavy atom. The first-order chi connectivity index (χ1) is 13.1. The van der Waals surface area contributed by atoms with Crippen molar-refractivity contribution in [2.24, 2.45) is 0 Å². The van der Waals surface area contributed by atoms with Crippen LogP contribution >= 0.6 is 11.6 Å². The maximum absolute atomic E-state index is 12.6. The predicted octanol–water partition coefficient (Wildman–Crippen LogP) is 3.30. The molecule has 1 saturated heterocycles. The fourth-order valence-corrected chi connectivity index (χ4v) is 3.40. The Balaban J connectivity index is 1.56. The lowest BCUT2D eigenvalue weighted by Gasteiger charge is -2.37. The van der Waals surface area contributed by atoms with Gasteiger partial charge in [0.05, 0.1) is 19.6 Å². The highest BCUT2D eigenvalue weighted by molar-refractivity contribution is 6.30. The molecule has 1 aliphatic rings. The molecular weight excluding hydrogens is 362 g/mol. The van der Waals surface area contributed by atoms with Gasteiger partial charge in [-0.1, -0.05) is 35.9 Å². The highest BCUT2D eigenvalue weighted by Gasteiger charge is 2.27. The van der Waals surface area contributed by atoms with Gasteiger partial charge in [0, 0.05) is 31.2 Å². The highest BCUT2D eigenvalue weighted by Crippen LogP contribution is 2.23. The summed E-state index contributed by atoms with van der Waals surface area (Å²) >= 11 is 5.94. The van der Waals surface area contributed by atoms with E-state index in [-0.39, 0.29) is 11.9 Å². The fraction of sp³-hybridized carbons (Fsp3) is 0.333. The van der Waals surface area contributed by atoms with E-state index in [0.29, 0.717) is 37.6 Å². The summed E-state index contributed by atoms with van der Waals surface area (Å²) in [5.41, 5.74) is 1.90. The minimum absolute atomic E-state index is 0.111. The van der Waals surface area contributed by atoms with Crippen molar-refractivity contribution in [3.05, 3.63) is 64.7 Å². The third kappa shape index (κ3) is 4.79. The van der Waals surface area contributed by atoms with Gasteiger partial charge in [0.25, 0.3) is 0 Å². The molecule has 0 bridgehead atoms. The topological polar surface area (TPSA) is 56.6 Å². The number of carbonyl (C=O) groups excluding carboxylic acids is 1. The summed E-state index contributed by atoms with van der Waals surface area (Å²) in [7, 11) is 1.62. The van der Waals surface area contributed by atoms with Crippen molar-refractivity contribution >= 4 is 17.5 Å². The molecule has 27 heavy (non-hydrogen) atoms. The van der Waals surface area contributed by atoms with Crippen molar-refractivity contribution in [2.45, 2.75) is 12.5 Å². The number of rotatable bonds is 5. The molecule has 2 aromatic rings. The number of benzene rings is 2. The number of hydrogen-bond acceptors (Lipinski definition) is 4. The zero-order valence-corrected chi connectivity index (χ0v) is 16.0. The van der Waals surface area contributed by atoms with E-state index in [1.54, 1.807) is 19.2 Å². The van der Waals surface area contributed by atoms with Crippen LogP contribution in [-0.4, -0.2) is 49.0 Å². The number of amides is 1. The summed E-state index contributed by atoms with van der Waals surface area (Å²) in [5.74, 6) is 0.893. The lowest BCUT2D eigenvalue weighted by molar-refractivity contribution is -0.132. The lowest BCUT2D eigenvalue weighted by atomic mass is 10.1.